The van der Waals surface area contributed by atoms with Crippen LogP contribution in [-0.4, -0.2) is 37.5 Å². The first kappa shape index (κ1) is 20.6. The van der Waals surface area contributed by atoms with Crippen LogP contribution >= 0.6 is 0 Å². The molecule has 144 valence electrons. The van der Waals surface area contributed by atoms with Crippen LogP contribution in [0.1, 0.15) is 40.2 Å². The summed E-state index contributed by atoms with van der Waals surface area (Å²) in [4.78, 5) is 11.4. The first-order chi connectivity index (χ1) is 11.9. The molecule has 0 aliphatic carbocycles. The van der Waals surface area contributed by atoms with Crippen molar-refractivity contribution in [3.05, 3.63) is 23.8 Å². The lowest BCUT2D eigenvalue weighted by molar-refractivity contribution is -0.145. The van der Waals surface area contributed by atoms with Crippen molar-refractivity contribution in [3.8, 4) is 5.75 Å². The summed E-state index contributed by atoms with van der Waals surface area (Å²) in [6, 6.07) is 3.16. The summed E-state index contributed by atoms with van der Waals surface area (Å²) >= 11 is 0. The fourth-order valence-corrected chi connectivity index (χ4v) is 2.33. The minimum atomic E-state index is -4.58. The largest absolute Gasteiger partial charge is 0.494 e. The maximum Gasteiger partial charge on any atom is 0.494 e. The molecular formula is C17H22BF3O5. The Hall–Kier alpha value is -1.74. The fourth-order valence-electron chi connectivity index (χ4n) is 2.33. The van der Waals surface area contributed by atoms with E-state index in [2.05, 4.69) is 0 Å². The van der Waals surface area contributed by atoms with E-state index in [0.29, 0.717) is 0 Å². The van der Waals surface area contributed by atoms with Gasteiger partial charge >= 0.3 is 19.3 Å². The molecule has 1 aromatic rings. The number of ether oxygens (including phenoxy) is 2. The van der Waals surface area contributed by atoms with Gasteiger partial charge in [0.15, 0.2) is 6.61 Å². The van der Waals surface area contributed by atoms with E-state index in [1.165, 1.54) is 6.07 Å². The van der Waals surface area contributed by atoms with E-state index in [0.717, 1.165) is 12.1 Å². The van der Waals surface area contributed by atoms with Gasteiger partial charge in [-0.05, 0) is 58.3 Å². The third-order valence-electron chi connectivity index (χ3n) is 4.44. The molecular weight excluding hydrogens is 352 g/mol. The van der Waals surface area contributed by atoms with Gasteiger partial charge in [0.25, 0.3) is 0 Å². The average molecular weight is 374 g/mol. The van der Waals surface area contributed by atoms with Gasteiger partial charge in [0, 0.05) is 0 Å². The summed E-state index contributed by atoms with van der Waals surface area (Å²) in [6.45, 7) is 8.51. The first-order valence-electron chi connectivity index (χ1n) is 8.22. The molecule has 0 radical (unpaired) electrons. The van der Waals surface area contributed by atoms with Gasteiger partial charge in [0.2, 0.25) is 0 Å². The zero-order valence-corrected chi connectivity index (χ0v) is 15.4. The number of hydrogen-bond acceptors (Lipinski definition) is 5. The molecule has 1 fully saturated rings. The molecule has 1 saturated heterocycles. The smallest absolute Gasteiger partial charge is 0.482 e. The van der Waals surface area contributed by atoms with Crippen LogP contribution in [0.25, 0.3) is 0 Å². The lowest BCUT2D eigenvalue weighted by atomic mass is 9.78. The highest BCUT2D eigenvalue weighted by Gasteiger charge is 2.52. The molecule has 0 amide bonds. The molecule has 2 rings (SSSR count). The van der Waals surface area contributed by atoms with E-state index in [9.17, 15) is 18.0 Å². The summed E-state index contributed by atoms with van der Waals surface area (Å²) in [5.74, 6) is -0.778. The molecule has 26 heavy (non-hydrogen) atoms. The molecule has 1 aliphatic heterocycles. The monoisotopic (exact) mass is 374 g/mol. The van der Waals surface area contributed by atoms with Gasteiger partial charge in [-0.15, -0.1) is 0 Å². The molecule has 1 aliphatic rings. The van der Waals surface area contributed by atoms with Gasteiger partial charge in [0.05, 0.1) is 23.4 Å². The maximum absolute atomic E-state index is 13.2. The Morgan fingerprint density at radius 3 is 2.19 bits per heavy atom. The molecule has 1 heterocycles. The summed E-state index contributed by atoms with van der Waals surface area (Å²) in [5.41, 5.74) is -2.14. The Bertz CT molecular complexity index is 657. The second-order valence-corrected chi connectivity index (χ2v) is 6.97. The molecule has 0 bridgehead atoms. The Balaban J connectivity index is 2.31. The summed E-state index contributed by atoms with van der Waals surface area (Å²) in [6.07, 6.45) is -4.58. The van der Waals surface area contributed by atoms with Gasteiger partial charge in [-0.1, -0.05) is 0 Å². The van der Waals surface area contributed by atoms with E-state index >= 15 is 0 Å². The average Bonchev–Trinajstić information content (AvgIpc) is 2.73. The van der Waals surface area contributed by atoms with Crippen LogP contribution in [0.3, 0.4) is 0 Å². The van der Waals surface area contributed by atoms with E-state index in [-0.39, 0.29) is 17.8 Å². The number of carbonyl (C=O) groups excluding carboxylic acids is 1. The van der Waals surface area contributed by atoms with Crippen molar-refractivity contribution in [3.63, 3.8) is 0 Å². The Morgan fingerprint density at radius 2 is 1.69 bits per heavy atom. The molecule has 1 aromatic carbocycles. The highest BCUT2D eigenvalue weighted by molar-refractivity contribution is 6.62. The highest BCUT2D eigenvalue weighted by atomic mass is 19.4. The van der Waals surface area contributed by atoms with Gasteiger partial charge in [-0.3, -0.25) is 0 Å². The van der Waals surface area contributed by atoms with Crippen molar-refractivity contribution >= 4 is 18.6 Å². The number of rotatable bonds is 5. The van der Waals surface area contributed by atoms with Crippen molar-refractivity contribution in [1.29, 1.82) is 0 Å². The van der Waals surface area contributed by atoms with Crippen molar-refractivity contribution in [2.45, 2.75) is 52.0 Å². The molecule has 0 spiro atoms. The van der Waals surface area contributed by atoms with Gasteiger partial charge in [0.1, 0.15) is 5.75 Å². The van der Waals surface area contributed by atoms with E-state index in [1.807, 2.05) is 0 Å². The minimum Gasteiger partial charge on any atom is -0.482 e. The van der Waals surface area contributed by atoms with Crippen LogP contribution in [0.4, 0.5) is 13.2 Å². The quantitative estimate of drug-likeness (QED) is 0.586. The standard InChI is InChI=1S/C17H22BF3O5/c1-6-23-14(22)10-24-13-8-11(17(19,20)21)7-12(9-13)18-25-15(2,3)16(4,5)26-18/h7-9H,6,10H2,1-5H3. The lowest BCUT2D eigenvalue weighted by Crippen LogP contribution is -2.41. The lowest BCUT2D eigenvalue weighted by Gasteiger charge is -2.32. The van der Waals surface area contributed by atoms with E-state index < -0.39 is 42.6 Å². The van der Waals surface area contributed by atoms with Gasteiger partial charge < -0.3 is 18.8 Å². The third-order valence-corrected chi connectivity index (χ3v) is 4.44. The fraction of sp³-hybridized carbons (Fsp3) is 0.588. The van der Waals surface area contributed by atoms with Crippen LogP contribution < -0.4 is 10.2 Å². The van der Waals surface area contributed by atoms with Crippen LogP contribution in [0.15, 0.2) is 18.2 Å². The summed E-state index contributed by atoms with van der Waals surface area (Å²) < 4.78 is 61.2. The number of halogens is 3. The van der Waals surface area contributed by atoms with Crippen LogP contribution in [-0.2, 0) is 25.0 Å². The molecule has 5 nitrogen and oxygen atoms in total. The summed E-state index contributed by atoms with van der Waals surface area (Å²) in [5, 5.41) is 0. The Labute approximate surface area is 150 Å². The van der Waals surface area contributed by atoms with Gasteiger partial charge in [-0.2, -0.15) is 13.2 Å². The normalized spacial score (nSPS) is 18.7. The van der Waals surface area contributed by atoms with Crippen LogP contribution in [0.5, 0.6) is 5.75 Å². The van der Waals surface area contributed by atoms with Crippen LogP contribution in [0.2, 0.25) is 0 Å². The molecule has 0 unspecified atom stereocenters. The predicted molar refractivity (Wildman–Crippen MR) is 89.3 cm³/mol. The van der Waals surface area contributed by atoms with Gasteiger partial charge in [-0.25, -0.2) is 4.79 Å². The van der Waals surface area contributed by atoms with Crippen molar-refractivity contribution < 1.29 is 36.7 Å². The second kappa shape index (κ2) is 7.11. The number of alkyl halides is 3. The third kappa shape index (κ3) is 4.51. The van der Waals surface area contributed by atoms with E-state index in [4.69, 9.17) is 18.8 Å². The van der Waals surface area contributed by atoms with Crippen molar-refractivity contribution in [2.75, 3.05) is 13.2 Å². The Kier molecular flexibility index (Phi) is 5.63. The van der Waals surface area contributed by atoms with E-state index in [1.54, 1.807) is 34.6 Å². The molecule has 0 saturated carbocycles. The molecule has 9 heteroatoms. The van der Waals surface area contributed by atoms with Crippen LogP contribution in [0, 0.1) is 0 Å². The highest BCUT2D eigenvalue weighted by Crippen LogP contribution is 2.37. The zero-order valence-electron chi connectivity index (χ0n) is 15.4. The predicted octanol–water partition coefficient (Wildman–Crippen LogP) is 2.95. The number of esters is 1. The number of hydrogen-bond donors (Lipinski definition) is 0. The second-order valence-electron chi connectivity index (χ2n) is 6.97. The maximum atomic E-state index is 13.2. The SMILES string of the molecule is CCOC(=O)COc1cc(B2OC(C)(C)C(C)(C)O2)cc(C(F)(F)F)c1. The minimum absolute atomic E-state index is 0.113. The number of carbonyl (C=O) groups is 1. The molecule has 0 N–H and O–H groups in total. The first-order valence-corrected chi connectivity index (χ1v) is 8.22. The molecule has 0 atom stereocenters. The topological polar surface area (TPSA) is 54.0 Å². The summed E-state index contributed by atoms with van der Waals surface area (Å²) in [7, 11) is -0.979. The molecule has 0 aromatic heterocycles. The number of benzene rings is 1. The zero-order chi connectivity index (χ0) is 19.8. The Morgan fingerprint density at radius 1 is 1.12 bits per heavy atom. The van der Waals surface area contributed by atoms with Crippen molar-refractivity contribution in [2.24, 2.45) is 0 Å². The van der Waals surface area contributed by atoms with Crippen molar-refractivity contribution in [1.82, 2.24) is 0 Å².